The Kier molecular flexibility index (Phi) is 4.59. The monoisotopic (exact) mass is 425 g/mol. The van der Waals surface area contributed by atoms with E-state index in [1.54, 1.807) is 57.3 Å². The number of sulfonamides is 1. The molecule has 0 radical (unpaired) electrons. The van der Waals surface area contributed by atoms with Gasteiger partial charge < -0.3 is 4.90 Å². The van der Waals surface area contributed by atoms with Crippen molar-refractivity contribution in [3.05, 3.63) is 53.5 Å². The Bertz CT molecular complexity index is 1240. The molecule has 2 aliphatic heterocycles. The highest BCUT2D eigenvalue weighted by Gasteiger charge is 2.32. The maximum atomic E-state index is 13.3. The highest BCUT2D eigenvalue weighted by Crippen LogP contribution is 2.33. The van der Waals surface area contributed by atoms with Gasteiger partial charge in [0.25, 0.3) is 5.91 Å². The molecule has 0 N–H and O–H groups in total. The average Bonchev–Trinajstić information content (AvgIpc) is 3.33. The van der Waals surface area contributed by atoms with Crippen LogP contribution in [0.3, 0.4) is 0 Å². The van der Waals surface area contributed by atoms with Crippen molar-refractivity contribution in [1.29, 1.82) is 0 Å². The van der Waals surface area contributed by atoms with Gasteiger partial charge in [0.05, 0.1) is 10.6 Å². The van der Waals surface area contributed by atoms with Gasteiger partial charge in [0, 0.05) is 37.7 Å². The second-order valence-corrected chi connectivity index (χ2v) is 9.75. The number of amides is 1. The number of aryl methyl sites for hydroxylation is 1. The number of nitrogens with zero attached hydrogens (tertiary/aromatic N) is 5. The smallest absolute Gasteiger partial charge is 0.264 e. The molecule has 1 aromatic carbocycles. The van der Waals surface area contributed by atoms with Crippen LogP contribution < -0.4 is 4.90 Å². The molecule has 2 aromatic heterocycles. The first-order chi connectivity index (χ1) is 14.5. The van der Waals surface area contributed by atoms with E-state index in [1.807, 2.05) is 0 Å². The summed E-state index contributed by atoms with van der Waals surface area (Å²) in [7, 11) is -3.49. The van der Waals surface area contributed by atoms with Crippen molar-refractivity contribution in [3.63, 3.8) is 0 Å². The van der Waals surface area contributed by atoms with Crippen LogP contribution in [0.2, 0.25) is 0 Å². The number of fused-ring (bicyclic) bond motifs is 2. The second-order valence-electron chi connectivity index (χ2n) is 7.81. The number of piperidine rings is 1. The Morgan fingerprint density at radius 2 is 1.90 bits per heavy atom. The van der Waals surface area contributed by atoms with E-state index in [0.717, 1.165) is 30.5 Å². The lowest BCUT2D eigenvalue weighted by Crippen LogP contribution is -2.35. The fourth-order valence-electron chi connectivity index (χ4n) is 4.39. The molecule has 0 bridgehead atoms. The number of anilines is 1. The molecule has 3 aromatic rings. The number of hydrogen-bond acceptors (Lipinski definition) is 5. The molecule has 4 heterocycles. The van der Waals surface area contributed by atoms with Crippen molar-refractivity contribution in [2.24, 2.45) is 0 Å². The zero-order valence-corrected chi connectivity index (χ0v) is 17.6. The van der Waals surface area contributed by atoms with Gasteiger partial charge in [0.15, 0.2) is 5.65 Å². The Morgan fingerprint density at radius 3 is 2.70 bits per heavy atom. The Labute approximate surface area is 175 Å². The first-order valence-electron chi connectivity index (χ1n) is 10.2. The molecule has 0 atom stereocenters. The minimum Gasteiger partial charge on any atom is -0.308 e. The normalized spacial score (nSPS) is 17.4. The summed E-state index contributed by atoms with van der Waals surface area (Å²) in [6.07, 6.45) is 6.91. The van der Waals surface area contributed by atoms with Crippen LogP contribution in [0.15, 0.2) is 41.6 Å². The average molecular weight is 426 g/mol. The van der Waals surface area contributed by atoms with E-state index in [1.165, 1.54) is 0 Å². The molecular weight excluding hydrogens is 402 g/mol. The number of hydrogen-bond donors (Lipinski definition) is 0. The molecule has 1 amide bonds. The van der Waals surface area contributed by atoms with Crippen molar-refractivity contribution in [2.45, 2.75) is 37.5 Å². The second kappa shape index (κ2) is 7.17. The van der Waals surface area contributed by atoms with Crippen molar-refractivity contribution in [1.82, 2.24) is 18.9 Å². The molecule has 0 unspecified atom stereocenters. The Hall–Kier alpha value is -2.78. The zero-order chi connectivity index (χ0) is 20.9. The SMILES string of the molecule is Cc1nn2cccnc2c1C(=O)N1CCc2cc(S(=O)(=O)N3CCCCC3)ccc21. The van der Waals surface area contributed by atoms with Crippen molar-refractivity contribution >= 4 is 27.3 Å². The maximum absolute atomic E-state index is 13.3. The molecule has 8 nitrogen and oxygen atoms in total. The zero-order valence-electron chi connectivity index (χ0n) is 16.8. The van der Waals surface area contributed by atoms with Crippen LogP contribution in [-0.2, 0) is 16.4 Å². The minimum atomic E-state index is -3.49. The molecule has 1 saturated heterocycles. The van der Waals surface area contributed by atoms with Crippen LogP contribution in [0, 0.1) is 6.92 Å². The van der Waals surface area contributed by atoms with Crippen molar-refractivity contribution in [3.8, 4) is 0 Å². The van der Waals surface area contributed by atoms with E-state index in [9.17, 15) is 13.2 Å². The summed E-state index contributed by atoms with van der Waals surface area (Å²) in [6, 6.07) is 6.87. The highest BCUT2D eigenvalue weighted by molar-refractivity contribution is 7.89. The number of benzene rings is 1. The van der Waals surface area contributed by atoms with Crippen molar-refractivity contribution in [2.75, 3.05) is 24.5 Å². The number of rotatable bonds is 3. The molecule has 9 heteroatoms. The predicted molar refractivity (Wildman–Crippen MR) is 112 cm³/mol. The van der Waals surface area contributed by atoms with E-state index in [2.05, 4.69) is 10.1 Å². The van der Waals surface area contributed by atoms with Crippen LogP contribution in [-0.4, -0.2) is 52.9 Å². The molecular formula is C21H23N5O3S. The minimum absolute atomic E-state index is 0.161. The van der Waals surface area contributed by atoms with Gasteiger partial charge >= 0.3 is 0 Å². The van der Waals surface area contributed by atoms with Crippen LogP contribution in [0.4, 0.5) is 5.69 Å². The van der Waals surface area contributed by atoms with Crippen LogP contribution in [0.5, 0.6) is 0 Å². The third-order valence-corrected chi connectivity index (χ3v) is 7.82. The Morgan fingerprint density at radius 1 is 1.10 bits per heavy atom. The Balaban J connectivity index is 1.48. The summed E-state index contributed by atoms with van der Waals surface area (Å²) in [5, 5.41) is 4.38. The van der Waals surface area contributed by atoms with Crippen molar-refractivity contribution < 1.29 is 13.2 Å². The summed E-state index contributed by atoms with van der Waals surface area (Å²) in [6.45, 7) is 3.45. The standard InChI is InChI=1S/C21H23N5O3S/c1-15-19(20-22-9-5-12-26(20)23-15)21(27)25-13-8-16-14-17(6-7-18(16)25)30(28,29)24-10-3-2-4-11-24/h5-7,9,12,14H,2-4,8,10-11,13H2,1H3. The van der Waals surface area contributed by atoms with Gasteiger partial charge in [-0.15, -0.1) is 0 Å². The first kappa shape index (κ1) is 19.2. The van der Waals surface area contributed by atoms with E-state index in [0.29, 0.717) is 47.9 Å². The third-order valence-electron chi connectivity index (χ3n) is 5.93. The van der Waals surface area contributed by atoms with E-state index in [-0.39, 0.29) is 5.91 Å². The predicted octanol–water partition coefficient (Wildman–Crippen LogP) is 2.42. The van der Waals surface area contributed by atoms with E-state index >= 15 is 0 Å². The summed E-state index contributed by atoms with van der Waals surface area (Å²) < 4.78 is 29.2. The quantitative estimate of drug-likeness (QED) is 0.643. The van der Waals surface area contributed by atoms with Gasteiger partial charge in [-0.2, -0.15) is 9.40 Å². The van der Waals surface area contributed by atoms with Crippen LogP contribution >= 0.6 is 0 Å². The van der Waals surface area contributed by atoms with Gasteiger partial charge in [0.2, 0.25) is 10.0 Å². The first-order valence-corrected chi connectivity index (χ1v) is 11.7. The fourth-order valence-corrected chi connectivity index (χ4v) is 5.95. The topological polar surface area (TPSA) is 87.9 Å². The molecule has 0 aliphatic carbocycles. The lowest BCUT2D eigenvalue weighted by Gasteiger charge is -2.26. The molecule has 2 aliphatic rings. The van der Waals surface area contributed by atoms with Gasteiger partial charge in [-0.1, -0.05) is 6.42 Å². The largest absolute Gasteiger partial charge is 0.308 e. The van der Waals surface area contributed by atoms with Gasteiger partial charge in [-0.05, 0) is 56.0 Å². The molecule has 1 fully saturated rings. The van der Waals surface area contributed by atoms with Gasteiger partial charge in [-0.3, -0.25) is 4.79 Å². The maximum Gasteiger partial charge on any atom is 0.264 e. The van der Waals surface area contributed by atoms with E-state index in [4.69, 9.17) is 0 Å². The van der Waals surface area contributed by atoms with Crippen LogP contribution in [0.25, 0.3) is 5.65 Å². The van der Waals surface area contributed by atoms with Crippen LogP contribution in [0.1, 0.15) is 40.9 Å². The van der Waals surface area contributed by atoms with Gasteiger partial charge in [-0.25, -0.2) is 17.9 Å². The fraction of sp³-hybridized carbons (Fsp3) is 0.381. The number of carbonyl (C=O) groups is 1. The lowest BCUT2D eigenvalue weighted by atomic mass is 10.1. The van der Waals surface area contributed by atoms with E-state index < -0.39 is 10.0 Å². The molecule has 5 rings (SSSR count). The number of aromatic nitrogens is 3. The summed E-state index contributed by atoms with van der Waals surface area (Å²) >= 11 is 0. The molecule has 30 heavy (non-hydrogen) atoms. The molecule has 0 spiro atoms. The number of carbonyl (C=O) groups excluding carboxylic acids is 1. The molecule has 156 valence electrons. The summed E-state index contributed by atoms with van der Waals surface area (Å²) in [5.74, 6) is -0.161. The highest BCUT2D eigenvalue weighted by atomic mass is 32.2. The van der Waals surface area contributed by atoms with Gasteiger partial charge in [0.1, 0.15) is 5.56 Å². The summed E-state index contributed by atoms with van der Waals surface area (Å²) in [5.41, 5.74) is 3.26. The summed E-state index contributed by atoms with van der Waals surface area (Å²) in [4.78, 5) is 19.7. The lowest BCUT2D eigenvalue weighted by molar-refractivity contribution is 0.0990. The molecule has 0 saturated carbocycles. The third kappa shape index (κ3) is 3.00.